The SMILES string of the molecule is Cc1cc(C)n(CC(=O)N(C)C2CC3CCC(C2)N3)n1.Cl.Cl. The summed E-state index contributed by atoms with van der Waals surface area (Å²) >= 11 is 0. The van der Waals surface area contributed by atoms with Crippen LogP contribution in [0.15, 0.2) is 6.07 Å². The molecule has 22 heavy (non-hydrogen) atoms. The van der Waals surface area contributed by atoms with E-state index in [9.17, 15) is 4.79 Å². The number of carbonyl (C=O) groups excluding carboxylic acids is 1. The maximum absolute atomic E-state index is 12.5. The van der Waals surface area contributed by atoms with Crippen molar-refractivity contribution >= 4 is 30.7 Å². The summed E-state index contributed by atoms with van der Waals surface area (Å²) < 4.78 is 1.81. The van der Waals surface area contributed by atoms with Crippen LogP contribution in [0.25, 0.3) is 0 Å². The average molecular weight is 349 g/mol. The van der Waals surface area contributed by atoms with Crippen LogP contribution in [-0.2, 0) is 11.3 Å². The van der Waals surface area contributed by atoms with Gasteiger partial charge in [0.2, 0.25) is 5.91 Å². The van der Waals surface area contributed by atoms with Crippen LogP contribution < -0.4 is 5.32 Å². The van der Waals surface area contributed by atoms with Crippen LogP contribution in [0.4, 0.5) is 0 Å². The molecule has 1 aromatic rings. The molecule has 0 aliphatic carbocycles. The number of aromatic nitrogens is 2. The zero-order chi connectivity index (χ0) is 14.3. The van der Waals surface area contributed by atoms with Crippen LogP contribution in [0, 0.1) is 13.8 Å². The number of nitrogens with zero attached hydrogens (tertiary/aromatic N) is 3. The Hall–Kier alpha value is -0.780. The van der Waals surface area contributed by atoms with Gasteiger partial charge in [0.15, 0.2) is 0 Å². The maximum atomic E-state index is 12.5. The number of halogens is 2. The van der Waals surface area contributed by atoms with Gasteiger partial charge in [-0.1, -0.05) is 0 Å². The lowest BCUT2D eigenvalue weighted by Gasteiger charge is -2.35. The van der Waals surface area contributed by atoms with Crippen molar-refractivity contribution in [1.82, 2.24) is 20.0 Å². The van der Waals surface area contributed by atoms with Gasteiger partial charge in [0, 0.05) is 30.9 Å². The smallest absolute Gasteiger partial charge is 0.244 e. The summed E-state index contributed by atoms with van der Waals surface area (Å²) in [5.41, 5.74) is 2.02. The molecular formula is C15H26Cl2N4O. The van der Waals surface area contributed by atoms with E-state index in [1.165, 1.54) is 12.8 Å². The number of carbonyl (C=O) groups is 1. The molecule has 3 rings (SSSR count). The third kappa shape index (κ3) is 3.94. The lowest BCUT2D eigenvalue weighted by atomic mass is 9.98. The molecule has 2 saturated heterocycles. The van der Waals surface area contributed by atoms with Gasteiger partial charge in [-0.3, -0.25) is 9.48 Å². The Morgan fingerprint density at radius 3 is 2.41 bits per heavy atom. The van der Waals surface area contributed by atoms with E-state index in [0.29, 0.717) is 24.7 Å². The summed E-state index contributed by atoms with van der Waals surface area (Å²) in [6.07, 6.45) is 4.72. The third-order valence-corrected chi connectivity index (χ3v) is 4.78. The Bertz CT molecular complexity index is 508. The molecule has 2 fully saturated rings. The van der Waals surface area contributed by atoms with Crippen molar-refractivity contribution < 1.29 is 4.79 Å². The molecule has 0 aromatic carbocycles. The van der Waals surface area contributed by atoms with Crippen molar-refractivity contribution in [2.45, 2.75) is 64.2 Å². The third-order valence-electron chi connectivity index (χ3n) is 4.78. The van der Waals surface area contributed by atoms with Crippen LogP contribution in [-0.4, -0.2) is 45.8 Å². The second-order valence-electron chi connectivity index (χ2n) is 6.35. The highest BCUT2D eigenvalue weighted by molar-refractivity contribution is 5.85. The van der Waals surface area contributed by atoms with Gasteiger partial charge in [-0.2, -0.15) is 5.10 Å². The van der Waals surface area contributed by atoms with Crippen LogP contribution in [0.1, 0.15) is 37.1 Å². The van der Waals surface area contributed by atoms with Crippen LogP contribution in [0.5, 0.6) is 0 Å². The topological polar surface area (TPSA) is 50.2 Å². The molecule has 126 valence electrons. The molecule has 2 unspecified atom stereocenters. The molecule has 7 heteroatoms. The van der Waals surface area contributed by atoms with Gasteiger partial charge >= 0.3 is 0 Å². The van der Waals surface area contributed by atoms with E-state index < -0.39 is 0 Å². The van der Waals surface area contributed by atoms with E-state index in [0.717, 1.165) is 24.2 Å². The summed E-state index contributed by atoms with van der Waals surface area (Å²) in [5, 5.41) is 8.00. The number of nitrogens with one attached hydrogen (secondary N) is 1. The second kappa shape index (κ2) is 7.66. The first-order valence-corrected chi connectivity index (χ1v) is 7.55. The first-order chi connectivity index (χ1) is 9.52. The average Bonchev–Trinajstić information content (AvgIpc) is 2.90. The van der Waals surface area contributed by atoms with Gasteiger partial charge in [0.05, 0.1) is 5.69 Å². The lowest BCUT2D eigenvalue weighted by Crippen LogP contribution is -2.49. The Morgan fingerprint density at radius 2 is 1.91 bits per heavy atom. The zero-order valence-electron chi connectivity index (χ0n) is 13.4. The molecule has 2 atom stereocenters. The normalized spacial score (nSPS) is 26.0. The first-order valence-electron chi connectivity index (χ1n) is 7.55. The molecule has 0 spiro atoms. The Labute approximate surface area is 144 Å². The molecule has 2 aliphatic heterocycles. The van der Waals surface area contributed by atoms with Gasteiger partial charge < -0.3 is 10.2 Å². The number of hydrogen-bond donors (Lipinski definition) is 1. The molecule has 3 heterocycles. The van der Waals surface area contributed by atoms with Crippen molar-refractivity contribution in [1.29, 1.82) is 0 Å². The molecule has 0 saturated carbocycles. The number of fused-ring (bicyclic) bond motifs is 2. The molecule has 1 amide bonds. The van der Waals surface area contributed by atoms with E-state index in [1.54, 1.807) is 0 Å². The van der Waals surface area contributed by atoms with E-state index in [4.69, 9.17) is 0 Å². The lowest BCUT2D eigenvalue weighted by molar-refractivity contribution is -0.133. The van der Waals surface area contributed by atoms with Crippen molar-refractivity contribution in [2.24, 2.45) is 0 Å². The monoisotopic (exact) mass is 348 g/mol. The molecule has 5 nitrogen and oxygen atoms in total. The van der Waals surface area contributed by atoms with Crippen LogP contribution in [0.3, 0.4) is 0 Å². The van der Waals surface area contributed by atoms with Gasteiger partial charge in [0.1, 0.15) is 6.54 Å². The number of amides is 1. The Kier molecular flexibility index (Phi) is 6.71. The molecule has 1 aromatic heterocycles. The number of hydrogen-bond acceptors (Lipinski definition) is 3. The van der Waals surface area contributed by atoms with Gasteiger partial charge in [-0.25, -0.2) is 0 Å². The second-order valence-corrected chi connectivity index (χ2v) is 6.35. The highest BCUT2D eigenvalue weighted by Gasteiger charge is 2.36. The minimum Gasteiger partial charge on any atom is -0.341 e. The molecule has 1 N–H and O–H groups in total. The van der Waals surface area contributed by atoms with Gasteiger partial charge in [-0.15, -0.1) is 24.8 Å². The molecule has 2 aliphatic rings. The summed E-state index contributed by atoms with van der Waals surface area (Å²) in [6.45, 7) is 4.32. The first kappa shape index (κ1) is 19.3. The number of aryl methyl sites for hydroxylation is 2. The molecule has 0 radical (unpaired) electrons. The highest BCUT2D eigenvalue weighted by Crippen LogP contribution is 2.29. The largest absolute Gasteiger partial charge is 0.341 e. The number of piperidine rings is 1. The van der Waals surface area contributed by atoms with Crippen molar-refractivity contribution in [3.05, 3.63) is 17.5 Å². The molecule has 2 bridgehead atoms. The van der Waals surface area contributed by atoms with E-state index >= 15 is 0 Å². The van der Waals surface area contributed by atoms with Crippen molar-refractivity contribution in [3.8, 4) is 0 Å². The Morgan fingerprint density at radius 1 is 1.32 bits per heavy atom. The summed E-state index contributed by atoms with van der Waals surface area (Å²) in [6, 6.07) is 3.63. The molecular weight excluding hydrogens is 323 g/mol. The maximum Gasteiger partial charge on any atom is 0.244 e. The van der Waals surface area contributed by atoms with E-state index in [2.05, 4.69) is 10.4 Å². The summed E-state index contributed by atoms with van der Waals surface area (Å²) in [7, 11) is 1.95. The minimum atomic E-state index is 0. The predicted octanol–water partition coefficient (Wildman–Crippen LogP) is 2.08. The van der Waals surface area contributed by atoms with Crippen molar-refractivity contribution in [2.75, 3.05) is 7.05 Å². The fourth-order valence-corrected chi connectivity index (χ4v) is 3.62. The van der Waals surface area contributed by atoms with E-state index in [1.807, 2.05) is 36.5 Å². The van der Waals surface area contributed by atoms with Crippen molar-refractivity contribution in [3.63, 3.8) is 0 Å². The fraction of sp³-hybridized carbons (Fsp3) is 0.733. The van der Waals surface area contributed by atoms with Crippen LogP contribution >= 0.6 is 24.8 Å². The van der Waals surface area contributed by atoms with Crippen LogP contribution in [0.2, 0.25) is 0 Å². The predicted molar refractivity (Wildman–Crippen MR) is 91.9 cm³/mol. The quantitative estimate of drug-likeness (QED) is 0.909. The zero-order valence-corrected chi connectivity index (χ0v) is 15.0. The van der Waals surface area contributed by atoms with Gasteiger partial charge in [0.25, 0.3) is 0 Å². The fourth-order valence-electron chi connectivity index (χ4n) is 3.62. The van der Waals surface area contributed by atoms with Gasteiger partial charge in [-0.05, 0) is 45.6 Å². The summed E-state index contributed by atoms with van der Waals surface area (Å²) in [4.78, 5) is 14.4. The van der Waals surface area contributed by atoms with E-state index in [-0.39, 0.29) is 30.7 Å². The summed E-state index contributed by atoms with van der Waals surface area (Å²) in [5.74, 6) is 0.169. The number of likely N-dealkylation sites (N-methyl/N-ethyl adjacent to an activating group) is 1. The minimum absolute atomic E-state index is 0. The standard InChI is InChI=1S/C15H24N4O.2ClH/c1-10-6-11(2)19(17-10)9-15(20)18(3)14-7-12-4-5-13(8-14)16-12;;/h6,12-14,16H,4-5,7-9H2,1-3H3;2*1H. The highest BCUT2D eigenvalue weighted by atomic mass is 35.5. The Balaban J connectivity index is 0.00000121. The number of rotatable bonds is 3.